The van der Waals surface area contributed by atoms with E-state index in [1.807, 2.05) is 0 Å². The first kappa shape index (κ1) is 18.4. The Hall–Kier alpha value is -2.39. The monoisotopic (exact) mass is 368 g/mol. The van der Waals surface area contributed by atoms with Crippen LogP contribution in [0.4, 0.5) is 19.1 Å². The molecule has 0 atom stereocenters. The van der Waals surface area contributed by atoms with Crippen LogP contribution in [0.15, 0.2) is 36.7 Å². The van der Waals surface area contributed by atoms with Crippen LogP contribution in [0.2, 0.25) is 0 Å². The Balaban J connectivity index is 1.63. The predicted molar refractivity (Wildman–Crippen MR) is 89.9 cm³/mol. The molecule has 6 nitrogen and oxygen atoms in total. The van der Waals surface area contributed by atoms with Gasteiger partial charge in [-0.05, 0) is 17.7 Å². The lowest BCUT2D eigenvalue weighted by Crippen LogP contribution is -2.47. The largest absolute Gasteiger partial charge is 0.573 e. The molecule has 0 aliphatic carbocycles. The number of benzene rings is 1. The molecular weight excluding hydrogens is 349 g/mol. The van der Waals surface area contributed by atoms with Gasteiger partial charge in [-0.15, -0.1) is 13.2 Å². The lowest BCUT2D eigenvalue weighted by molar-refractivity contribution is -0.274. The minimum absolute atomic E-state index is 0.151. The van der Waals surface area contributed by atoms with Crippen LogP contribution in [-0.4, -0.2) is 65.7 Å². The molecule has 3 rings (SSSR count). The molecule has 1 aliphatic rings. The van der Waals surface area contributed by atoms with E-state index in [2.05, 4.69) is 24.5 Å². The summed E-state index contributed by atoms with van der Waals surface area (Å²) >= 11 is 0. The Morgan fingerprint density at radius 1 is 0.962 bits per heavy atom. The Morgan fingerprint density at radius 3 is 2.12 bits per heavy atom. The summed E-state index contributed by atoms with van der Waals surface area (Å²) in [5, 5.41) is 8.97. The van der Waals surface area contributed by atoms with E-state index in [1.54, 1.807) is 12.4 Å². The first-order valence-electron chi connectivity index (χ1n) is 8.21. The lowest BCUT2D eigenvalue weighted by atomic mass is 10.1. The minimum atomic E-state index is -4.70. The number of aliphatic hydroxyl groups is 1. The molecule has 1 saturated heterocycles. The number of aliphatic hydroxyl groups excluding tert-OH is 1. The van der Waals surface area contributed by atoms with E-state index in [4.69, 9.17) is 5.11 Å². The van der Waals surface area contributed by atoms with Crippen molar-refractivity contribution in [3.8, 4) is 16.9 Å². The van der Waals surface area contributed by atoms with Crippen molar-refractivity contribution in [3.63, 3.8) is 0 Å². The van der Waals surface area contributed by atoms with Crippen molar-refractivity contribution < 1.29 is 23.0 Å². The first-order valence-corrected chi connectivity index (χ1v) is 8.21. The SMILES string of the molecule is OCCN1CCN(c2ncc(-c3ccc(OC(F)(F)F)cc3)cn2)CC1. The molecular formula is C17H19F3N4O2. The first-order chi connectivity index (χ1) is 12.4. The standard InChI is InChI=1S/C17H19F3N4O2/c18-17(19,20)26-15-3-1-13(2-4-15)14-11-21-16(22-12-14)24-7-5-23(6-8-24)9-10-25/h1-4,11-12,25H,5-10H2. The number of rotatable bonds is 5. The van der Waals surface area contributed by atoms with Gasteiger partial charge < -0.3 is 14.7 Å². The smallest absolute Gasteiger partial charge is 0.406 e. The fourth-order valence-electron chi connectivity index (χ4n) is 2.80. The second-order valence-electron chi connectivity index (χ2n) is 5.90. The van der Waals surface area contributed by atoms with Crippen molar-refractivity contribution in [2.45, 2.75) is 6.36 Å². The maximum atomic E-state index is 12.2. The molecule has 1 N–H and O–H groups in total. The van der Waals surface area contributed by atoms with Gasteiger partial charge in [-0.3, -0.25) is 4.90 Å². The summed E-state index contributed by atoms with van der Waals surface area (Å²) in [6.45, 7) is 4.06. The van der Waals surface area contributed by atoms with Gasteiger partial charge in [0.05, 0.1) is 6.61 Å². The third-order valence-corrected chi connectivity index (χ3v) is 4.13. The maximum absolute atomic E-state index is 12.2. The van der Waals surface area contributed by atoms with Crippen molar-refractivity contribution in [2.24, 2.45) is 0 Å². The zero-order valence-corrected chi connectivity index (χ0v) is 14.0. The van der Waals surface area contributed by atoms with Gasteiger partial charge in [0.25, 0.3) is 0 Å². The van der Waals surface area contributed by atoms with Crippen LogP contribution in [0.25, 0.3) is 11.1 Å². The van der Waals surface area contributed by atoms with Crippen LogP contribution in [0.3, 0.4) is 0 Å². The fraction of sp³-hybridized carbons (Fsp3) is 0.412. The number of halogens is 3. The van der Waals surface area contributed by atoms with Crippen molar-refractivity contribution >= 4 is 5.95 Å². The number of β-amino-alcohol motifs (C(OH)–C–C–N with tert-alkyl or cyclic N) is 1. The van der Waals surface area contributed by atoms with Crippen LogP contribution in [0, 0.1) is 0 Å². The van der Waals surface area contributed by atoms with Crippen LogP contribution in [0.1, 0.15) is 0 Å². The highest BCUT2D eigenvalue weighted by Crippen LogP contribution is 2.26. The second-order valence-corrected chi connectivity index (χ2v) is 5.90. The molecule has 1 aromatic carbocycles. The third kappa shape index (κ3) is 4.83. The normalized spacial score (nSPS) is 15.9. The highest BCUT2D eigenvalue weighted by Gasteiger charge is 2.31. The average molecular weight is 368 g/mol. The van der Waals surface area contributed by atoms with Gasteiger partial charge in [0.15, 0.2) is 0 Å². The van der Waals surface area contributed by atoms with Gasteiger partial charge >= 0.3 is 6.36 Å². The van der Waals surface area contributed by atoms with E-state index in [-0.39, 0.29) is 12.4 Å². The fourth-order valence-corrected chi connectivity index (χ4v) is 2.80. The number of hydrogen-bond acceptors (Lipinski definition) is 6. The summed E-state index contributed by atoms with van der Waals surface area (Å²) in [4.78, 5) is 13.0. The van der Waals surface area contributed by atoms with Gasteiger partial charge in [0, 0.05) is 50.7 Å². The second kappa shape index (κ2) is 7.88. The van der Waals surface area contributed by atoms with Crippen LogP contribution >= 0.6 is 0 Å². The van der Waals surface area contributed by atoms with Crippen LogP contribution in [0.5, 0.6) is 5.75 Å². The zero-order chi connectivity index (χ0) is 18.6. The molecule has 2 aromatic rings. The molecule has 0 unspecified atom stereocenters. The van der Waals surface area contributed by atoms with Crippen LogP contribution < -0.4 is 9.64 Å². The molecule has 0 saturated carbocycles. The van der Waals surface area contributed by atoms with E-state index in [1.165, 1.54) is 24.3 Å². The molecule has 9 heteroatoms. The molecule has 0 amide bonds. The lowest BCUT2D eigenvalue weighted by Gasteiger charge is -2.34. The quantitative estimate of drug-likeness (QED) is 0.873. The van der Waals surface area contributed by atoms with Gasteiger partial charge in [0.1, 0.15) is 5.75 Å². The van der Waals surface area contributed by atoms with Crippen molar-refractivity contribution in [2.75, 3.05) is 44.2 Å². The summed E-state index contributed by atoms with van der Waals surface area (Å²) in [5.74, 6) is 0.356. The highest BCUT2D eigenvalue weighted by atomic mass is 19.4. The van der Waals surface area contributed by atoms with Gasteiger partial charge in [-0.1, -0.05) is 12.1 Å². The summed E-state index contributed by atoms with van der Waals surface area (Å²) in [7, 11) is 0. The Morgan fingerprint density at radius 2 is 1.58 bits per heavy atom. The molecule has 2 heterocycles. The van der Waals surface area contributed by atoms with Crippen molar-refractivity contribution in [1.29, 1.82) is 0 Å². The van der Waals surface area contributed by atoms with E-state index in [0.717, 1.165) is 26.2 Å². The van der Waals surface area contributed by atoms with Gasteiger partial charge in [-0.25, -0.2) is 9.97 Å². The number of anilines is 1. The predicted octanol–water partition coefficient (Wildman–Crippen LogP) is 2.16. The van der Waals surface area contributed by atoms with Gasteiger partial charge in [0.2, 0.25) is 5.95 Å². The number of hydrogen-bond donors (Lipinski definition) is 1. The molecule has 1 fully saturated rings. The van der Waals surface area contributed by atoms with E-state index in [9.17, 15) is 13.2 Å². The topological polar surface area (TPSA) is 61.7 Å². The number of piperazine rings is 1. The number of ether oxygens (including phenoxy) is 1. The Kier molecular flexibility index (Phi) is 5.58. The molecule has 1 aromatic heterocycles. The maximum Gasteiger partial charge on any atom is 0.573 e. The summed E-state index contributed by atoms with van der Waals surface area (Å²) in [5.41, 5.74) is 1.42. The van der Waals surface area contributed by atoms with E-state index < -0.39 is 6.36 Å². The summed E-state index contributed by atoms with van der Waals surface area (Å²) < 4.78 is 40.4. The Bertz CT molecular complexity index is 699. The Labute approximate surface area is 148 Å². The highest BCUT2D eigenvalue weighted by molar-refractivity contribution is 5.63. The molecule has 0 bridgehead atoms. The van der Waals surface area contributed by atoms with E-state index >= 15 is 0 Å². The molecule has 0 spiro atoms. The zero-order valence-electron chi connectivity index (χ0n) is 14.0. The summed E-state index contributed by atoms with van der Waals surface area (Å²) in [6.07, 6.45) is -1.39. The minimum Gasteiger partial charge on any atom is -0.406 e. The summed E-state index contributed by atoms with van der Waals surface area (Å²) in [6, 6.07) is 5.59. The number of alkyl halides is 3. The van der Waals surface area contributed by atoms with Crippen molar-refractivity contribution in [1.82, 2.24) is 14.9 Å². The van der Waals surface area contributed by atoms with Crippen LogP contribution in [-0.2, 0) is 0 Å². The number of aromatic nitrogens is 2. The van der Waals surface area contributed by atoms with Gasteiger partial charge in [-0.2, -0.15) is 0 Å². The number of nitrogens with zero attached hydrogens (tertiary/aromatic N) is 4. The molecule has 26 heavy (non-hydrogen) atoms. The van der Waals surface area contributed by atoms with Crippen molar-refractivity contribution in [3.05, 3.63) is 36.7 Å². The molecule has 140 valence electrons. The molecule has 1 aliphatic heterocycles. The molecule has 0 radical (unpaired) electrons. The third-order valence-electron chi connectivity index (χ3n) is 4.13. The van der Waals surface area contributed by atoms with E-state index in [0.29, 0.717) is 23.6 Å². The average Bonchev–Trinajstić information content (AvgIpc) is 2.62.